The van der Waals surface area contributed by atoms with Crippen LogP contribution in [0.2, 0.25) is 18.1 Å². The van der Waals surface area contributed by atoms with Crippen molar-refractivity contribution in [1.82, 2.24) is 4.90 Å². The molecule has 0 fully saturated rings. The Hall–Kier alpha value is -1.49. The van der Waals surface area contributed by atoms with Gasteiger partial charge in [-0.3, -0.25) is 0 Å². The summed E-state index contributed by atoms with van der Waals surface area (Å²) in [5.74, 6) is 1.37. The van der Waals surface area contributed by atoms with Crippen molar-refractivity contribution in [3.05, 3.63) is 24.3 Å². The monoisotopic (exact) mass is 323 g/mol. The number of benzene rings is 1. The van der Waals surface area contributed by atoms with E-state index in [-0.39, 0.29) is 11.1 Å². The quantitative estimate of drug-likeness (QED) is 0.723. The van der Waals surface area contributed by atoms with E-state index in [1.807, 2.05) is 26.0 Å². The highest BCUT2D eigenvalue weighted by Crippen LogP contribution is 2.37. The van der Waals surface area contributed by atoms with Crippen molar-refractivity contribution in [2.45, 2.75) is 52.8 Å². The van der Waals surface area contributed by atoms with Gasteiger partial charge in [-0.2, -0.15) is 0 Å². The van der Waals surface area contributed by atoms with Crippen molar-refractivity contribution in [3.8, 4) is 11.5 Å². The van der Waals surface area contributed by atoms with E-state index in [9.17, 15) is 4.79 Å². The molecule has 0 heterocycles. The van der Waals surface area contributed by atoms with Gasteiger partial charge < -0.3 is 14.1 Å². The number of hydrogen-bond donors (Lipinski definition) is 0. The van der Waals surface area contributed by atoms with E-state index in [2.05, 4.69) is 33.9 Å². The molecule has 0 aliphatic heterocycles. The summed E-state index contributed by atoms with van der Waals surface area (Å²) in [6.07, 6.45) is -0.317. The van der Waals surface area contributed by atoms with E-state index >= 15 is 0 Å². The molecule has 0 aromatic heterocycles. The number of ether oxygens (including phenoxy) is 1. The zero-order chi connectivity index (χ0) is 17.0. The van der Waals surface area contributed by atoms with E-state index in [0.717, 1.165) is 5.75 Å². The molecule has 0 aliphatic carbocycles. The SMILES string of the molecule is CCN(CC)C(=O)Oc1ccc(O[Si](C)(C)C(C)(C)C)cc1. The molecule has 1 amide bonds. The van der Waals surface area contributed by atoms with Crippen LogP contribution in [-0.4, -0.2) is 32.4 Å². The predicted molar refractivity (Wildman–Crippen MR) is 93.2 cm³/mol. The zero-order valence-corrected chi connectivity index (χ0v) is 15.9. The Bertz CT molecular complexity index is 488. The van der Waals surface area contributed by atoms with Gasteiger partial charge >= 0.3 is 6.09 Å². The number of hydrogen-bond acceptors (Lipinski definition) is 3. The number of amides is 1. The van der Waals surface area contributed by atoms with E-state index in [1.54, 1.807) is 17.0 Å². The normalized spacial score (nSPS) is 12.0. The fourth-order valence-corrected chi connectivity index (χ4v) is 2.70. The fraction of sp³-hybridized carbons (Fsp3) is 0.588. The van der Waals surface area contributed by atoms with E-state index in [0.29, 0.717) is 18.8 Å². The van der Waals surface area contributed by atoms with Crippen LogP contribution in [0.5, 0.6) is 11.5 Å². The zero-order valence-electron chi connectivity index (χ0n) is 14.9. The van der Waals surface area contributed by atoms with Crippen molar-refractivity contribution in [2.24, 2.45) is 0 Å². The van der Waals surface area contributed by atoms with Crippen LogP contribution < -0.4 is 9.16 Å². The summed E-state index contributed by atoms with van der Waals surface area (Å²) in [5, 5.41) is 0.154. The van der Waals surface area contributed by atoms with Crippen LogP contribution in [0.1, 0.15) is 34.6 Å². The lowest BCUT2D eigenvalue weighted by Crippen LogP contribution is -2.43. The van der Waals surface area contributed by atoms with Crippen LogP contribution >= 0.6 is 0 Å². The predicted octanol–water partition coefficient (Wildman–Crippen LogP) is 4.91. The highest BCUT2D eigenvalue weighted by Gasteiger charge is 2.38. The van der Waals surface area contributed by atoms with E-state index < -0.39 is 8.32 Å². The Morgan fingerprint density at radius 3 is 1.91 bits per heavy atom. The average Bonchev–Trinajstić information content (AvgIpc) is 2.41. The molecule has 0 bridgehead atoms. The average molecular weight is 324 g/mol. The molecule has 1 rings (SSSR count). The lowest BCUT2D eigenvalue weighted by atomic mass is 10.2. The lowest BCUT2D eigenvalue weighted by Gasteiger charge is -2.36. The maximum absolute atomic E-state index is 11.9. The van der Waals surface area contributed by atoms with Crippen molar-refractivity contribution in [2.75, 3.05) is 13.1 Å². The van der Waals surface area contributed by atoms with Crippen LogP contribution in [-0.2, 0) is 0 Å². The van der Waals surface area contributed by atoms with Crippen LogP contribution in [0, 0.1) is 0 Å². The number of rotatable bonds is 5. The van der Waals surface area contributed by atoms with Crippen molar-refractivity contribution < 1.29 is 14.0 Å². The molecule has 0 saturated heterocycles. The van der Waals surface area contributed by atoms with Gasteiger partial charge in [0.2, 0.25) is 8.32 Å². The summed E-state index contributed by atoms with van der Waals surface area (Å²) in [7, 11) is -1.84. The second-order valence-corrected chi connectivity index (χ2v) is 11.6. The standard InChI is InChI=1S/C17H29NO3Si/c1-8-18(9-2)16(19)20-14-10-12-15(13-11-14)21-22(6,7)17(3,4)5/h10-13H,8-9H2,1-7H3. The highest BCUT2D eigenvalue weighted by atomic mass is 28.4. The first-order valence-corrected chi connectivity index (χ1v) is 10.8. The van der Waals surface area contributed by atoms with Gasteiger partial charge in [-0.05, 0) is 56.2 Å². The smallest absolute Gasteiger partial charge is 0.415 e. The summed E-state index contributed by atoms with van der Waals surface area (Å²) < 4.78 is 11.6. The summed E-state index contributed by atoms with van der Waals surface area (Å²) in [5.41, 5.74) is 0. The van der Waals surface area contributed by atoms with Crippen molar-refractivity contribution in [3.63, 3.8) is 0 Å². The van der Waals surface area contributed by atoms with E-state index in [4.69, 9.17) is 9.16 Å². The fourth-order valence-electron chi connectivity index (χ4n) is 1.67. The summed E-state index contributed by atoms with van der Waals surface area (Å²) in [6.45, 7) is 16.2. The van der Waals surface area contributed by atoms with Crippen molar-refractivity contribution in [1.29, 1.82) is 0 Å². The van der Waals surface area contributed by atoms with E-state index in [1.165, 1.54) is 0 Å². The van der Waals surface area contributed by atoms with Crippen LogP contribution in [0.3, 0.4) is 0 Å². The number of nitrogens with zero attached hydrogens (tertiary/aromatic N) is 1. The molecule has 22 heavy (non-hydrogen) atoms. The molecule has 0 aliphatic rings. The van der Waals surface area contributed by atoms with Gasteiger partial charge in [-0.1, -0.05) is 20.8 Å². The highest BCUT2D eigenvalue weighted by molar-refractivity contribution is 6.74. The van der Waals surface area contributed by atoms with Crippen LogP contribution in [0.25, 0.3) is 0 Å². The van der Waals surface area contributed by atoms with Gasteiger partial charge in [-0.15, -0.1) is 0 Å². The largest absolute Gasteiger partial charge is 0.543 e. The van der Waals surface area contributed by atoms with Crippen molar-refractivity contribution >= 4 is 14.4 Å². The number of carbonyl (C=O) groups is 1. The van der Waals surface area contributed by atoms with Crippen LogP contribution in [0.4, 0.5) is 4.79 Å². The Kier molecular flexibility index (Phi) is 6.05. The Balaban J connectivity index is 2.74. The minimum Gasteiger partial charge on any atom is -0.543 e. The second-order valence-electron chi connectivity index (χ2n) is 6.87. The maximum atomic E-state index is 11.9. The molecule has 0 N–H and O–H groups in total. The summed E-state index contributed by atoms with van der Waals surface area (Å²) in [6, 6.07) is 7.30. The molecule has 4 nitrogen and oxygen atoms in total. The third-order valence-electron chi connectivity index (χ3n) is 4.23. The summed E-state index contributed by atoms with van der Waals surface area (Å²) >= 11 is 0. The molecule has 0 spiro atoms. The third kappa shape index (κ3) is 4.76. The molecule has 0 saturated carbocycles. The first-order valence-electron chi connectivity index (χ1n) is 7.86. The minimum absolute atomic E-state index is 0.154. The van der Waals surface area contributed by atoms with Gasteiger partial charge in [0.15, 0.2) is 0 Å². The first-order chi connectivity index (χ1) is 10.1. The third-order valence-corrected chi connectivity index (χ3v) is 8.59. The van der Waals surface area contributed by atoms with Gasteiger partial charge in [0, 0.05) is 13.1 Å². The molecular weight excluding hydrogens is 294 g/mol. The molecule has 0 unspecified atom stereocenters. The Morgan fingerprint density at radius 2 is 1.50 bits per heavy atom. The maximum Gasteiger partial charge on any atom is 0.415 e. The molecule has 1 aromatic carbocycles. The van der Waals surface area contributed by atoms with Gasteiger partial charge in [0.1, 0.15) is 11.5 Å². The molecule has 124 valence electrons. The minimum atomic E-state index is -1.84. The molecule has 5 heteroatoms. The molecule has 1 aromatic rings. The van der Waals surface area contributed by atoms with Gasteiger partial charge in [0.25, 0.3) is 0 Å². The molecular formula is C17H29NO3Si. The van der Waals surface area contributed by atoms with Crippen LogP contribution in [0.15, 0.2) is 24.3 Å². The molecule has 0 atom stereocenters. The molecule has 0 radical (unpaired) electrons. The first kappa shape index (κ1) is 18.6. The number of carbonyl (C=O) groups excluding carboxylic acids is 1. The second kappa shape index (κ2) is 7.18. The van der Waals surface area contributed by atoms with Gasteiger partial charge in [0.05, 0.1) is 0 Å². The Morgan fingerprint density at radius 1 is 1.05 bits per heavy atom. The van der Waals surface area contributed by atoms with Gasteiger partial charge in [-0.25, -0.2) is 4.79 Å². The Labute approximate surface area is 135 Å². The lowest BCUT2D eigenvalue weighted by molar-refractivity contribution is 0.157. The summed E-state index contributed by atoms with van der Waals surface area (Å²) in [4.78, 5) is 13.5. The topological polar surface area (TPSA) is 38.8 Å².